The summed E-state index contributed by atoms with van der Waals surface area (Å²) in [7, 11) is 0. The maximum Gasteiger partial charge on any atom is 0.0628 e. The first-order chi connectivity index (χ1) is 9.08. The van der Waals surface area contributed by atoms with Crippen molar-refractivity contribution in [1.82, 2.24) is 15.1 Å². The summed E-state index contributed by atoms with van der Waals surface area (Å²) in [5, 5.41) is 8.29. The van der Waals surface area contributed by atoms with Crippen molar-refractivity contribution in [2.24, 2.45) is 5.92 Å². The van der Waals surface area contributed by atoms with E-state index in [0.717, 1.165) is 25.0 Å². The van der Waals surface area contributed by atoms with Gasteiger partial charge in [0, 0.05) is 18.3 Å². The predicted octanol–water partition coefficient (Wildman–Crippen LogP) is 3.23. The van der Waals surface area contributed by atoms with Gasteiger partial charge < -0.3 is 5.32 Å². The minimum absolute atomic E-state index is 0.745. The molecular formula is C16H29N3. The van der Waals surface area contributed by atoms with E-state index >= 15 is 0 Å². The van der Waals surface area contributed by atoms with Gasteiger partial charge in [0.25, 0.3) is 0 Å². The normalized spacial score (nSPS) is 15.4. The molecule has 3 heteroatoms. The van der Waals surface area contributed by atoms with Crippen LogP contribution in [-0.4, -0.2) is 22.4 Å². The van der Waals surface area contributed by atoms with Gasteiger partial charge in [-0.2, -0.15) is 5.10 Å². The summed E-state index contributed by atoms with van der Waals surface area (Å²) < 4.78 is 2.21. The summed E-state index contributed by atoms with van der Waals surface area (Å²) in [6.07, 6.45) is 6.37. The lowest BCUT2D eigenvalue weighted by molar-refractivity contribution is 0.478. The molecule has 1 N–H and O–H groups in total. The lowest BCUT2D eigenvalue weighted by Crippen LogP contribution is -2.18. The molecule has 19 heavy (non-hydrogen) atoms. The summed E-state index contributed by atoms with van der Waals surface area (Å²) >= 11 is 0. The number of nitrogens with zero attached hydrogens (tertiary/aromatic N) is 2. The number of hydrogen-bond donors (Lipinski definition) is 1. The molecule has 1 heterocycles. The Kier molecular flexibility index (Phi) is 5.03. The van der Waals surface area contributed by atoms with Crippen LogP contribution in [0.15, 0.2) is 0 Å². The van der Waals surface area contributed by atoms with Crippen LogP contribution < -0.4 is 5.32 Å². The molecular weight excluding hydrogens is 234 g/mol. The van der Waals surface area contributed by atoms with Crippen LogP contribution in [0.3, 0.4) is 0 Å². The fourth-order valence-electron chi connectivity index (χ4n) is 2.55. The molecule has 2 rings (SSSR count). The van der Waals surface area contributed by atoms with E-state index in [1.807, 2.05) is 0 Å². The highest BCUT2D eigenvalue weighted by Crippen LogP contribution is 2.19. The van der Waals surface area contributed by atoms with Gasteiger partial charge in [-0.1, -0.05) is 13.8 Å². The van der Waals surface area contributed by atoms with Crippen molar-refractivity contribution in [3.63, 3.8) is 0 Å². The number of rotatable bonds is 8. The average Bonchev–Trinajstić information content (AvgIpc) is 3.13. The third kappa shape index (κ3) is 4.34. The van der Waals surface area contributed by atoms with Crippen LogP contribution in [0.2, 0.25) is 0 Å². The lowest BCUT2D eigenvalue weighted by Gasteiger charge is -2.08. The van der Waals surface area contributed by atoms with Crippen molar-refractivity contribution >= 4 is 0 Å². The number of aryl methyl sites for hydroxylation is 2. The van der Waals surface area contributed by atoms with Crippen LogP contribution in [0.1, 0.15) is 56.5 Å². The summed E-state index contributed by atoms with van der Waals surface area (Å²) in [5.41, 5.74) is 4.08. The molecule has 3 nitrogen and oxygen atoms in total. The molecule has 1 aromatic rings. The number of hydrogen-bond acceptors (Lipinski definition) is 2. The van der Waals surface area contributed by atoms with Crippen molar-refractivity contribution in [2.45, 2.75) is 72.4 Å². The summed E-state index contributed by atoms with van der Waals surface area (Å²) in [4.78, 5) is 0. The lowest BCUT2D eigenvalue weighted by atomic mass is 10.1. The summed E-state index contributed by atoms with van der Waals surface area (Å²) in [6.45, 7) is 11.1. The minimum Gasteiger partial charge on any atom is -0.314 e. The highest BCUT2D eigenvalue weighted by molar-refractivity contribution is 5.24. The Hall–Kier alpha value is -0.830. The van der Waals surface area contributed by atoms with Crippen LogP contribution in [0.5, 0.6) is 0 Å². The third-order valence-corrected chi connectivity index (χ3v) is 4.06. The largest absolute Gasteiger partial charge is 0.314 e. The van der Waals surface area contributed by atoms with Gasteiger partial charge in [0.1, 0.15) is 0 Å². The van der Waals surface area contributed by atoms with Crippen LogP contribution in [-0.2, 0) is 13.0 Å². The first-order valence-electron chi connectivity index (χ1n) is 7.84. The van der Waals surface area contributed by atoms with Crippen LogP contribution >= 0.6 is 0 Å². The molecule has 1 aliphatic carbocycles. The second-order valence-electron chi connectivity index (χ2n) is 6.39. The van der Waals surface area contributed by atoms with Gasteiger partial charge in [-0.15, -0.1) is 0 Å². The zero-order valence-corrected chi connectivity index (χ0v) is 13.0. The van der Waals surface area contributed by atoms with E-state index in [1.54, 1.807) is 0 Å². The van der Waals surface area contributed by atoms with E-state index in [-0.39, 0.29) is 0 Å². The molecule has 0 saturated heterocycles. The van der Waals surface area contributed by atoms with Crippen molar-refractivity contribution in [3.8, 4) is 0 Å². The molecule has 0 bridgehead atoms. The topological polar surface area (TPSA) is 29.9 Å². The minimum atomic E-state index is 0.745. The predicted molar refractivity (Wildman–Crippen MR) is 80.5 cm³/mol. The SMILES string of the molecule is Cc1nn(CCC(C)C)c(C)c1CCCNC1CC1. The summed E-state index contributed by atoms with van der Waals surface area (Å²) in [5.74, 6) is 0.745. The Morgan fingerprint density at radius 3 is 2.68 bits per heavy atom. The fraction of sp³-hybridized carbons (Fsp3) is 0.812. The maximum absolute atomic E-state index is 4.70. The zero-order valence-electron chi connectivity index (χ0n) is 13.0. The molecule has 0 spiro atoms. The molecule has 0 unspecified atom stereocenters. The highest BCUT2D eigenvalue weighted by atomic mass is 15.3. The number of aromatic nitrogens is 2. The van der Waals surface area contributed by atoms with Gasteiger partial charge in [-0.3, -0.25) is 4.68 Å². The molecule has 108 valence electrons. The highest BCUT2D eigenvalue weighted by Gasteiger charge is 2.19. The molecule has 0 atom stereocenters. The third-order valence-electron chi connectivity index (χ3n) is 4.06. The Morgan fingerprint density at radius 1 is 1.32 bits per heavy atom. The van der Waals surface area contributed by atoms with Gasteiger partial charge in [0.2, 0.25) is 0 Å². The second kappa shape index (κ2) is 6.56. The van der Waals surface area contributed by atoms with Crippen molar-refractivity contribution < 1.29 is 0 Å². The Bertz CT molecular complexity index is 402. The number of nitrogens with one attached hydrogen (secondary N) is 1. The van der Waals surface area contributed by atoms with Crippen molar-refractivity contribution in [2.75, 3.05) is 6.54 Å². The van der Waals surface area contributed by atoms with Gasteiger partial charge in [0.15, 0.2) is 0 Å². The van der Waals surface area contributed by atoms with E-state index in [4.69, 9.17) is 5.10 Å². The van der Waals surface area contributed by atoms with Crippen LogP contribution in [0.4, 0.5) is 0 Å². The smallest absolute Gasteiger partial charge is 0.0628 e. The molecule has 1 saturated carbocycles. The average molecular weight is 263 g/mol. The van der Waals surface area contributed by atoms with E-state index in [1.165, 1.54) is 49.1 Å². The monoisotopic (exact) mass is 263 g/mol. The maximum atomic E-state index is 4.70. The molecule has 0 aliphatic heterocycles. The fourth-order valence-corrected chi connectivity index (χ4v) is 2.55. The second-order valence-corrected chi connectivity index (χ2v) is 6.39. The molecule has 0 amide bonds. The molecule has 1 aromatic heterocycles. The van der Waals surface area contributed by atoms with E-state index in [2.05, 4.69) is 37.7 Å². The van der Waals surface area contributed by atoms with Crippen molar-refractivity contribution in [3.05, 3.63) is 17.0 Å². The van der Waals surface area contributed by atoms with Gasteiger partial charge >= 0.3 is 0 Å². The molecule has 1 aliphatic rings. The van der Waals surface area contributed by atoms with Crippen LogP contribution in [0, 0.1) is 19.8 Å². The van der Waals surface area contributed by atoms with Gasteiger partial charge in [-0.05, 0) is 64.0 Å². The Balaban J connectivity index is 1.84. The molecule has 0 radical (unpaired) electrons. The van der Waals surface area contributed by atoms with E-state index < -0.39 is 0 Å². The zero-order chi connectivity index (χ0) is 13.8. The quantitative estimate of drug-likeness (QED) is 0.730. The molecule has 1 fully saturated rings. The van der Waals surface area contributed by atoms with E-state index in [0.29, 0.717) is 0 Å². The Morgan fingerprint density at radius 2 is 2.05 bits per heavy atom. The Labute approximate surface area is 117 Å². The van der Waals surface area contributed by atoms with Crippen molar-refractivity contribution in [1.29, 1.82) is 0 Å². The molecule has 0 aromatic carbocycles. The first kappa shape index (κ1) is 14.6. The standard InChI is InChI=1S/C16H29N3/c1-12(2)9-11-19-14(4)16(13(3)18-19)6-5-10-17-15-7-8-15/h12,15,17H,5-11H2,1-4H3. The van der Waals surface area contributed by atoms with Crippen LogP contribution in [0.25, 0.3) is 0 Å². The summed E-state index contributed by atoms with van der Waals surface area (Å²) in [6, 6.07) is 0.830. The van der Waals surface area contributed by atoms with E-state index in [9.17, 15) is 0 Å². The first-order valence-corrected chi connectivity index (χ1v) is 7.84. The van der Waals surface area contributed by atoms with Gasteiger partial charge in [0.05, 0.1) is 5.69 Å². The van der Waals surface area contributed by atoms with Gasteiger partial charge in [-0.25, -0.2) is 0 Å².